The van der Waals surface area contributed by atoms with Gasteiger partial charge in [-0.2, -0.15) is 5.10 Å². The largest absolute Gasteiger partial charge is 0.339 e. The van der Waals surface area contributed by atoms with Crippen LogP contribution in [0.1, 0.15) is 5.56 Å². The summed E-state index contributed by atoms with van der Waals surface area (Å²) in [5.74, 6) is -0.456. The van der Waals surface area contributed by atoms with Crippen LogP contribution in [0.15, 0.2) is 36.7 Å². The van der Waals surface area contributed by atoms with Crippen LogP contribution in [0.4, 0.5) is 9.18 Å². The van der Waals surface area contributed by atoms with Gasteiger partial charge in [0, 0.05) is 32.4 Å². The molecular formula is C16H18FN5O2. The van der Waals surface area contributed by atoms with Crippen LogP contribution in [0.2, 0.25) is 0 Å². The topological polar surface area (TPSA) is 70.5 Å². The molecule has 0 aliphatic carbocycles. The highest BCUT2D eigenvalue weighted by Gasteiger charge is 2.32. The number of hydrogen-bond donors (Lipinski definition) is 1. The van der Waals surface area contributed by atoms with Crippen LogP contribution in [0.5, 0.6) is 0 Å². The maximum atomic E-state index is 13.0. The molecule has 1 aromatic carbocycles. The molecule has 2 aromatic rings. The number of nitrogens with one attached hydrogen (secondary N) is 1. The van der Waals surface area contributed by atoms with Crippen LogP contribution in [0, 0.1) is 5.82 Å². The Balaban J connectivity index is 1.65. The predicted molar refractivity (Wildman–Crippen MR) is 84.9 cm³/mol. The molecule has 24 heavy (non-hydrogen) atoms. The van der Waals surface area contributed by atoms with Crippen molar-refractivity contribution in [2.75, 3.05) is 20.6 Å². The van der Waals surface area contributed by atoms with E-state index >= 15 is 0 Å². The second-order valence-corrected chi connectivity index (χ2v) is 5.85. The number of halogens is 1. The molecule has 2 heterocycles. The minimum Gasteiger partial charge on any atom is -0.339 e. The summed E-state index contributed by atoms with van der Waals surface area (Å²) in [5, 5.41) is 6.87. The van der Waals surface area contributed by atoms with E-state index in [9.17, 15) is 14.0 Å². The van der Waals surface area contributed by atoms with Gasteiger partial charge in [0.15, 0.2) is 0 Å². The first-order valence-corrected chi connectivity index (χ1v) is 7.50. The van der Waals surface area contributed by atoms with Crippen LogP contribution in [-0.4, -0.2) is 58.2 Å². The van der Waals surface area contributed by atoms with Crippen molar-refractivity contribution in [1.82, 2.24) is 24.9 Å². The summed E-state index contributed by atoms with van der Waals surface area (Å²) in [4.78, 5) is 26.9. The van der Waals surface area contributed by atoms with E-state index in [0.717, 1.165) is 11.3 Å². The molecule has 3 rings (SSSR count). The number of amides is 3. The molecule has 0 spiro atoms. The molecule has 0 radical (unpaired) electrons. The number of aromatic nitrogens is 2. The number of carbonyl (C=O) groups excluding carboxylic acids is 2. The summed E-state index contributed by atoms with van der Waals surface area (Å²) < 4.78 is 14.6. The van der Waals surface area contributed by atoms with Gasteiger partial charge in [-0.1, -0.05) is 0 Å². The highest BCUT2D eigenvalue weighted by molar-refractivity contribution is 5.90. The van der Waals surface area contributed by atoms with Crippen LogP contribution >= 0.6 is 0 Å². The Bertz CT molecular complexity index is 758. The number of nitrogens with zero attached hydrogens (tertiary/aromatic N) is 4. The maximum Gasteiger partial charge on any atom is 0.317 e. The summed E-state index contributed by atoms with van der Waals surface area (Å²) in [6.07, 6.45) is 3.45. The fraction of sp³-hybridized carbons (Fsp3) is 0.312. The molecule has 1 aromatic heterocycles. The highest BCUT2D eigenvalue weighted by Crippen LogP contribution is 2.12. The van der Waals surface area contributed by atoms with Crippen molar-refractivity contribution in [3.8, 4) is 5.69 Å². The smallest absolute Gasteiger partial charge is 0.317 e. The lowest BCUT2D eigenvalue weighted by atomic mass is 10.2. The minimum absolute atomic E-state index is 0.151. The van der Waals surface area contributed by atoms with Crippen molar-refractivity contribution >= 4 is 11.9 Å². The molecule has 126 valence electrons. The van der Waals surface area contributed by atoms with E-state index in [1.165, 1.54) is 17.0 Å². The van der Waals surface area contributed by atoms with E-state index in [0.29, 0.717) is 13.1 Å². The van der Waals surface area contributed by atoms with E-state index in [1.54, 1.807) is 48.2 Å². The van der Waals surface area contributed by atoms with Crippen LogP contribution in [0.25, 0.3) is 5.69 Å². The zero-order valence-electron chi connectivity index (χ0n) is 13.4. The number of rotatable bonds is 4. The van der Waals surface area contributed by atoms with Crippen LogP contribution < -0.4 is 5.32 Å². The molecule has 1 aliphatic rings. The van der Waals surface area contributed by atoms with E-state index in [-0.39, 0.29) is 17.8 Å². The zero-order chi connectivity index (χ0) is 17.3. The number of urea groups is 1. The average molecular weight is 331 g/mol. The number of benzene rings is 1. The Kier molecular flexibility index (Phi) is 4.20. The summed E-state index contributed by atoms with van der Waals surface area (Å²) >= 11 is 0. The second-order valence-electron chi connectivity index (χ2n) is 5.85. The van der Waals surface area contributed by atoms with Crippen molar-refractivity contribution in [3.63, 3.8) is 0 Å². The molecule has 7 nitrogen and oxygen atoms in total. The first-order chi connectivity index (χ1) is 11.4. The Morgan fingerprint density at radius 2 is 2.12 bits per heavy atom. The quantitative estimate of drug-likeness (QED) is 0.908. The summed E-state index contributed by atoms with van der Waals surface area (Å²) in [5.41, 5.74) is 1.58. The van der Waals surface area contributed by atoms with Crippen LogP contribution in [0.3, 0.4) is 0 Å². The Morgan fingerprint density at radius 1 is 1.42 bits per heavy atom. The lowest BCUT2D eigenvalue weighted by Crippen LogP contribution is -2.43. The van der Waals surface area contributed by atoms with Gasteiger partial charge in [0.2, 0.25) is 5.91 Å². The Labute approximate surface area is 138 Å². The zero-order valence-corrected chi connectivity index (χ0v) is 13.4. The van der Waals surface area contributed by atoms with E-state index in [2.05, 4.69) is 10.4 Å². The van der Waals surface area contributed by atoms with Gasteiger partial charge in [0.25, 0.3) is 0 Å². The highest BCUT2D eigenvalue weighted by atomic mass is 19.1. The molecule has 0 bridgehead atoms. The first-order valence-electron chi connectivity index (χ1n) is 7.50. The van der Waals surface area contributed by atoms with Gasteiger partial charge in [-0.25, -0.2) is 13.9 Å². The maximum absolute atomic E-state index is 13.0. The standard InChI is InChI=1S/C16H18FN5O2/c1-20(15(23)14-10-21(2)16(24)19-14)8-11-7-18-22(9-11)13-5-3-12(17)4-6-13/h3-7,9,14H,8,10H2,1-2H3,(H,19,24)/t14-/m0/s1. The molecule has 1 fully saturated rings. The van der Waals surface area contributed by atoms with Gasteiger partial charge < -0.3 is 15.1 Å². The molecule has 3 amide bonds. The van der Waals surface area contributed by atoms with E-state index < -0.39 is 6.04 Å². The van der Waals surface area contributed by atoms with Crippen LogP contribution in [-0.2, 0) is 11.3 Å². The number of hydrogen-bond acceptors (Lipinski definition) is 3. The van der Waals surface area contributed by atoms with Crippen molar-refractivity contribution in [3.05, 3.63) is 48.0 Å². The molecule has 1 saturated heterocycles. The van der Waals surface area contributed by atoms with Gasteiger partial charge in [-0.3, -0.25) is 4.79 Å². The fourth-order valence-electron chi connectivity index (χ4n) is 2.60. The molecular weight excluding hydrogens is 313 g/mol. The summed E-state index contributed by atoms with van der Waals surface area (Å²) in [6.45, 7) is 0.729. The second kappa shape index (κ2) is 6.31. The van der Waals surface area contributed by atoms with Gasteiger partial charge in [0.05, 0.1) is 18.4 Å². The third-order valence-electron chi connectivity index (χ3n) is 3.92. The lowest BCUT2D eigenvalue weighted by molar-refractivity contribution is -0.132. The van der Waals surface area contributed by atoms with Crippen molar-refractivity contribution in [2.24, 2.45) is 0 Å². The van der Waals surface area contributed by atoms with Crippen molar-refractivity contribution in [1.29, 1.82) is 0 Å². The third kappa shape index (κ3) is 3.22. The molecule has 1 atom stereocenters. The Hall–Kier alpha value is -2.90. The number of likely N-dealkylation sites (N-methyl/N-ethyl adjacent to an activating group) is 2. The number of carbonyl (C=O) groups is 2. The Morgan fingerprint density at radius 3 is 2.75 bits per heavy atom. The van der Waals surface area contributed by atoms with Gasteiger partial charge in [-0.15, -0.1) is 0 Å². The molecule has 8 heteroatoms. The van der Waals surface area contributed by atoms with Gasteiger partial charge >= 0.3 is 6.03 Å². The first kappa shape index (κ1) is 16.0. The normalized spacial score (nSPS) is 17.0. The fourth-order valence-corrected chi connectivity index (χ4v) is 2.60. The third-order valence-corrected chi connectivity index (χ3v) is 3.92. The molecule has 1 aliphatic heterocycles. The average Bonchev–Trinajstić information content (AvgIpc) is 3.15. The van der Waals surface area contributed by atoms with Crippen molar-refractivity contribution < 1.29 is 14.0 Å². The van der Waals surface area contributed by atoms with Gasteiger partial charge in [-0.05, 0) is 24.3 Å². The SMILES string of the molecule is CN1C[C@@H](C(=O)N(C)Cc2cnn(-c3ccc(F)cc3)c2)NC1=O. The predicted octanol–water partition coefficient (Wildman–Crippen LogP) is 0.993. The summed E-state index contributed by atoms with van der Waals surface area (Å²) in [6, 6.07) is 5.22. The van der Waals surface area contributed by atoms with E-state index in [1.807, 2.05) is 0 Å². The van der Waals surface area contributed by atoms with E-state index in [4.69, 9.17) is 0 Å². The molecule has 0 unspecified atom stereocenters. The lowest BCUT2D eigenvalue weighted by Gasteiger charge is -2.19. The monoisotopic (exact) mass is 331 g/mol. The van der Waals surface area contributed by atoms with Crippen molar-refractivity contribution in [2.45, 2.75) is 12.6 Å². The van der Waals surface area contributed by atoms with Gasteiger partial charge in [0.1, 0.15) is 11.9 Å². The molecule has 0 saturated carbocycles. The molecule has 1 N–H and O–H groups in total. The summed E-state index contributed by atoms with van der Waals surface area (Å²) in [7, 11) is 3.33. The minimum atomic E-state index is -0.528.